The molecule has 128 valence electrons. The average Bonchev–Trinajstić information content (AvgIpc) is 2.95. The number of piperidine rings is 1. The fraction of sp³-hybridized carbons (Fsp3) is 1.00. The minimum atomic E-state index is -2.29. The molecule has 3 fully saturated rings. The lowest BCUT2D eigenvalue weighted by Crippen LogP contribution is -2.66. The van der Waals surface area contributed by atoms with Crippen molar-refractivity contribution >= 4 is 8.72 Å². The summed E-state index contributed by atoms with van der Waals surface area (Å²) >= 11 is 0. The maximum atomic E-state index is 6.30. The van der Waals surface area contributed by atoms with Gasteiger partial charge in [-0.25, -0.2) is 0 Å². The highest BCUT2D eigenvalue weighted by molar-refractivity contribution is 6.66. The quantitative estimate of drug-likeness (QED) is 0.713. The van der Waals surface area contributed by atoms with Gasteiger partial charge in [-0.15, -0.1) is 0 Å². The van der Waals surface area contributed by atoms with Crippen LogP contribution in [0.25, 0.3) is 0 Å². The summed E-state index contributed by atoms with van der Waals surface area (Å²) in [6.07, 6.45) is 12.4. The second kappa shape index (κ2) is 6.92. The molecule has 4 atom stereocenters. The highest BCUT2D eigenvalue weighted by Crippen LogP contribution is 2.53. The van der Waals surface area contributed by atoms with Crippen molar-refractivity contribution in [3.05, 3.63) is 0 Å². The van der Waals surface area contributed by atoms with Crippen molar-refractivity contribution in [3.63, 3.8) is 0 Å². The van der Waals surface area contributed by atoms with Gasteiger partial charge in [-0.1, -0.05) is 32.1 Å². The molecule has 1 saturated heterocycles. The zero-order chi connectivity index (χ0) is 15.7. The highest BCUT2D eigenvalue weighted by Gasteiger charge is 2.58. The molecular weight excluding hydrogens is 290 g/mol. The molecule has 3 nitrogen and oxygen atoms in total. The van der Waals surface area contributed by atoms with Gasteiger partial charge in [0.25, 0.3) is 0 Å². The summed E-state index contributed by atoms with van der Waals surface area (Å²) in [6.45, 7) is 4.77. The van der Waals surface area contributed by atoms with Crippen molar-refractivity contribution < 1.29 is 8.85 Å². The van der Waals surface area contributed by atoms with E-state index in [0.717, 1.165) is 11.8 Å². The van der Waals surface area contributed by atoms with Crippen LogP contribution >= 0.6 is 0 Å². The van der Waals surface area contributed by atoms with Gasteiger partial charge >= 0.3 is 8.72 Å². The van der Waals surface area contributed by atoms with Gasteiger partial charge < -0.3 is 8.85 Å². The van der Waals surface area contributed by atoms with Gasteiger partial charge in [0.2, 0.25) is 0 Å². The third kappa shape index (κ3) is 2.81. The Bertz CT molecular complexity index is 350. The SMILES string of the molecule is CO[Si](OC)(C1CC2CCCCC2C1)N1C(C)CCCC1C. The second-order valence-corrected chi connectivity index (χ2v) is 11.5. The summed E-state index contributed by atoms with van der Waals surface area (Å²) in [5.41, 5.74) is 0.665. The summed E-state index contributed by atoms with van der Waals surface area (Å²) in [6, 6.07) is 1.22. The van der Waals surface area contributed by atoms with Crippen molar-refractivity contribution in [2.45, 2.75) is 89.3 Å². The van der Waals surface area contributed by atoms with E-state index in [2.05, 4.69) is 18.4 Å². The number of rotatable bonds is 4. The van der Waals surface area contributed by atoms with Gasteiger partial charge in [-0.3, -0.25) is 4.57 Å². The molecule has 0 bridgehead atoms. The molecule has 2 aliphatic carbocycles. The molecule has 22 heavy (non-hydrogen) atoms. The molecule has 2 saturated carbocycles. The first-order chi connectivity index (χ1) is 10.6. The Hall–Kier alpha value is 0.0969. The minimum absolute atomic E-state index is 0.609. The lowest BCUT2D eigenvalue weighted by molar-refractivity contribution is 0.0795. The Labute approximate surface area is 138 Å². The van der Waals surface area contributed by atoms with Crippen LogP contribution < -0.4 is 0 Å². The highest BCUT2D eigenvalue weighted by atomic mass is 28.4. The van der Waals surface area contributed by atoms with Crippen molar-refractivity contribution in [1.29, 1.82) is 0 Å². The number of nitrogens with zero attached hydrogens (tertiary/aromatic N) is 1. The molecule has 4 heteroatoms. The van der Waals surface area contributed by atoms with Gasteiger partial charge in [0.1, 0.15) is 0 Å². The number of fused-ring (bicyclic) bond motifs is 1. The molecule has 0 spiro atoms. The van der Waals surface area contributed by atoms with E-state index < -0.39 is 8.72 Å². The first-order valence-electron chi connectivity index (χ1n) is 9.51. The Morgan fingerprint density at radius 3 is 1.73 bits per heavy atom. The van der Waals surface area contributed by atoms with Gasteiger partial charge in [0.05, 0.1) is 0 Å². The van der Waals surface area contributed by atoms with Crippen LogP contribution in [0, 0.1) is 11.8 Å². The maximum Gasteiger partial charge on any atom is 0.430 e. The Balaban J connectivity index is 1.84. The summed E-state index contributed by atoms with van der Waals surface area (Å²) in [5, 5.41) is 0. The van der Waals surface area contributed by atoms with Crippen LogP contribution in [0.2, 0.25) is 5.54 Å². The Kier molecular flexibility index (Phi) is 5.33. The van der Waals surface area contributed by atoms with Gasteiger partial charge in [-0.05, 0) is 51.4 Å². The third-order valence-electron chi connectivity index (χ3n) is 6.90. The third-order valence-corrected chi connectivity index (χ3v) is 11.2. The zero-order valence-corrected chi connectivity index (χ0v) is 16.0. The molecule has 0 amide bonds. The lowest BCUT2D eigenvalue weighted by Gasteiger charge is -2.50. The molecule has 0 aromatic carbocycles. The van der Waals surface area contributed by atoms with Gasteiger partial charge in [-0.2, -0.15) is 0 Å². The second-order valence-electron chi connectivity index (χ2n) is 8.05. The fourth-order valence-electron chi connectivity index (χ4n) is 5.90. The van der Waals surface area contributed by atoms with Crippen LogP contribution in [0.3, 0.4) is 0 Å². The smallest absolute Gasteiger partial charge is 0.386 e. The zero-order valence-electron chi connectivity index (χ0n) is 15.0. The van der Waals surface area contributed by atoms with E-state index in [4.69, 9.17) is 8.85 Å². The van der Waals surface area contributed by atoms with E-state index in [1.54, 1.807) is 0 Å². The van der Waals surface area contributed by atoms with E-state index >= 15 is 0 Å². The molecule has 0 aromatic rings. The Morgan fingerprint density at radius 1 is 0.773 bits per heavy atom. The van der Waals surface area contributed by atoms with E-state index in [1.807, 2.05) is 14.2 Å². The van der Waals surface area contributed by atoms with Gasteiger partial charge in [0, 0.05) is 31.8 Å². The predicted molar refractivity (Wildman–Crippen MR) is 92.8 cm³/mol. The summed E-state index contributed by atoms with van der Waals surface area (Å²) < 4.78 is 15.3. The van der Waals surface area contributed by atoms with Crippen LogP contribution in [-0.4, -0.2) is 39.6 Å². The lowest BCUT2D eigenvalue weighted by atomic mass is 9.82. The summed E-state index contributed by atoms with van der Waals surface area (Å²) in [5.74, 6) is 1.90. The van der Waals surface area contributed by atoms with Crippen LogP contribution in [0.1, 0.15) is 71.6 Å². The molecule has 1 heterocycles. The topological polar surface area (TPSA) is 21.7 Å². The first kappa shape index (κ1) is 16.9. The molecule has 0 radical (unpaired) electrons. The minimum Gasteiger partial charge on any atom is -0.386 e. The predicted octanol–water partition coefficient (Wildman–Crippen LogP) is 4.45. The average molecular weight is 326 g/mol. The van der Waals surface area contributed by atoms with Crippen LogP contribution in [0.4, 0.5) is 0 Å². The van der Waals surface area contributed by atoms with Crippen LogP contribution in [-0.2, 0) is 8.85 Å². The number of hydrogen-bond donors (Lipinski definition) is 0. The molecule has 3 rings (SSSR count). The van der Waals surface area contributed by atoms with E-state index in [1.165, 1.54) is 57.8 Å². The van der Waals surface area contributed by atoms with E-state index in [-0.39, 0.29) is 0 Å². The normalized spacial score (nSPS) is 40.6. The first-order valence-corrected chi connectivity index (χ1v) is 11.3. The van der Waals surface area contributed by atoms with Crippen molar-refractivity contribution in [3.8, 4) is 0 Å². The number of hydrogen-bond acceptors (Lipinski definition) is 3. The molecule has 1 aliphatic heterocycles. The maximum absolute atomic E-state index is 6.30. The van der Waals surface area contributed by atoms with Gasteiger partial charge in [0.15, 0.2) is 0 Å². The van der Waals surface area contributed by atoms with Crippen molar-refractivity contribution in [2.75, 3.05) is 14.2 Å². The van der Waals surface area contributed by atoms with E-state index in [0.29, 0.717) is 17.6 Å². The van der Waals surface area contributed by atoms with E-state index in [9.17, 15) is 0 Å². The Morgan fingerprint density at radius 2 is 1.27 bits per heavy atom. The fourth-order valence-corrected chi connectivity index (χ4v) is 10.3. The molecule has 0 N–H and O–H groups in total. The standard InChI is InChI=1S/C18H35NO2Si/c1-14-8-7-9-15(2)19(14)22(20-3,21-4)18-12-16-10-5-6-11-17(16)13-18/h14-18H,5-13H2,1-4H3. The molecule has 4 unspecified atom stereocenters. The molecular formula is C18H35NO2Si. The molecule has 3 aliphatic rings. The van der Waals surface area contributed by atoms with Crippen molar-refractivity contribution in [2.24, 2.45) is 11.8 Å². The monoisotopic (exact) mass is 325 g/mol. The largest absolute Gasteiger partial charge is 0.430 e. The summed E-state index contributed by atoms with van der Waals surface area (Å²) in [4.78, 5) is 0. The van der Waals surface area contributed by atoms with Crippen molar-refractivity contribution in [1.82, 2.24) is 4.57 Å². The van der Waals surface area contributed by atoms with Crippen LogP contribution in [0.15, 0.2) is 0 Å². The molecule has 0 aromatic heterocycles. The summed E-state index contributed by atoms with van der Waals surface area (Å²) in [7, 11) is 1.55. The van der Waals surface area contributed by atoms with Crippen LogP contribution in [0.5, 0.6) is 0 Å².